The number of carbonyl (C=O) groups excluding carboxylic acids is 1. The number of amides is 1. The fraction of sp³-hybridized carbons (Fsp3) is 0.531. The molecule has 0 saturated heterocycles. The molecule has 3 aromatic heterocycles. The molecule has 3 aliphatic rings. The second-order valence-electron chi connectivity index (χ2n) is 11.7. The van der Waals surface area contributed by atoms with Gasteiger partial charge in [0.25, 0.3) is 0 Å². The maximum Gasteiger partial charge on any atom is 0.231 e. The van der Waals surface area contributed by atoms with Crippen LogP contribution in [-0.4, -0.2) is 39.3 Å². The molecule has 0 aromatic carbocycles. The summed E-state index contributed by atoms with van der Waals surface area (Å²) < 4.78 is 7.34. The Balaban J connectivity index is 1.19. The van der Waals surface area contributed by atoms with Crippen molar-refractivity contribution in [1.82, 2.24) is 19.7 Å². The van der Waals surface area contributed by atoms with Gasteiger partial charge in [-0.2, -0.15) is 10.4 Å². The molecule has 8 heteroatoms. The van der Waals surface area contributed by atoms with E-state index in [1.807, 2.05) is 35.5 Å². The Morgan fingerprint density at radius 1 is 1.05 bits per heavy atom. The van der Waals surface area contributed by atoms with Crippen LogP contribution >= 0.6 is 0 Å². The second kappa shape index (κ2) is 11.8. The molecule has 0 atom stereocenters. The van der Waals surface area contributed by atoms with Gasteiger partial charge >= 0.3 is 0 Å². The molecule has 3 fully saturated rings. The number of rotatable bonds is 8. The zero-order valence-electron chi connectivity index (χ0n) is 23.3. The van der Waals surface area contributed by atoms with Crippen molar-refractivity contribution >= 4 is 11.7 Å². The third kappa shape index (κ3) is 5.74. The average molecular weight is 539 g/mol. The molecule has 0 spiro atoms. The number of carbonyl (C=O) groups is 1. The lowest BCUT2D eigenvalue weighted by atomic mass is 9.79. The molecule has 0 aliphatic heterocycles. The first kappa shape index (κ1) is 26.5. The average Bonchev–Trinajstić information content (AvgIpc) is 3.75. The normalized spacial score (nSPS) is 21.5. The standard InChI is InChI=1S/C32H38N6O2/c1-40-30-14-13-28(36-29(30)18-33)23-9-7-22(8-10-23)20-37(32(39)24-5-3-2-4-6-24)31-17-25(15-16-34-31)26-19-35-38(21-26)27-11-12-27/h13-17,19,21-24,27H,2-12,20H2,1H3. The second-order valence-corrected chi connectivity index (χ2v) is 11.7. The molecule has 0 unspecified atom stereocenters. The highest BCUT2D eigenvalue weighted by Gasteiger charge is 2.32. The van der Waals surface area contributed by atoms with Gasteiger partial charge in [-0.1, -0.05) is 19.3 Å². The molecular formula is C32H38N6O2. The number of aromatic nitrogens is 4. The summed E-state index contributed by atoms with van der Waals surface area (Å²) in [5.74, 6) is 2.31. The first-order chi connectivity index (χ1) is 19.6. The minimum absolute atomic E-state index is 0.0843. The van der Waals surface area contributed by atoms with Crippen LogP contribution in [0.3, 0.4) is 0 Å². The number of pyridine rings is 2. The number of anilines is 1. The van der Waals surface area contributed by atoms with Gasteiger partial charge in [0.2, 0.25) is 5.91 Å². The molecule has 0 bridgehead atoms. The number of nitrogens with zero attached hydrogens (tertiary/aromatic N) is 6. The molecule has 3 saturated carbocycles. The number of methoxy groups -OCH3 is 1. The fourth-order valence-electron chi connectivity index (χ4n) is 6.47. The van der Waals surface area contributed by atoms with Crippen molar-refractivity contribution in [3.8, 4) is 22.9 Å². The molecule has 0 radical (unpaired) electrons. The van der Waals surface area contributed by atoms with Crippen molar-refractivity contribution in [2.24, 2.45) is 11.8 Å². The summed E-state index contributed by atoms with van der Waals surface area (Å²) in [4.78, 5) is 25.3. The summed E-state index contributed by atoms with van der Waals surface area (Å²) in [5.41, 5.74) is 3.44. The minimum Gasteiger partial charge on any atom is -0.494 e. The summed E-state index contributed by atoms with van der Waals surface area (Å²) in [6.45, 7) is 0.694. The van der Waals surface area contributed by atoms with Crippen LogP contribution < -0.4 is 9.64 Å². The Bertz CT molecular complexity index is 1380. The van der Waals surface area contributed by atoms with E-state index in [-0.39, 0.29) is 11.8 Å². The van der Waals surface area contributed by atoms with Gasteiger partial charge in [-0.3, -0.25) is 14.4 Å². The quantitative estimate of drug-likeness (QED) is 0.327. The molecule has 0 N–H and O–H groups in total. The van der Waals surface area contributed by atoms with Crippen LogP contribution in [0.25, 0.3) is 11.1 Å². The predicted molar refractivity (Wildman–Crippen MR) is 153 cm³/mol. The molecular weight excluding hydrogens is 500 g/mol. The number of ether oxygens (including phenoxy) is 1. The van der Waals surface area contributed by atoms with E-state index < -0.39 is 0 Å². The minimum atomic E-state index is 0.0843. The molecule has 3 aliphatic carbocycles. The van der Waals surface area contributed by atoms with Crippen molar-refractivity contribution in [3.05, 3.63) is 54.2 Å². The van der Waals surface area contributed by atoms with Gasteiger partial charge in [0.05, 0.1) is 19.3 Å². The Morgan fingerprint density at radius 3 is 2.58 bits per heavy atom. The van der Waals surface area contributed by atoms with Gasteiger partial charge in [-0.15, -0.1) is 0 Å². The zero-order valence-corrected chi connectivity index (χ0v) is 23.3. The molecule has 3 aromatic rings. The van der Waals surface area contributed by atoms with Gasteiger partial charge < -0.3 is 4.74 Å². The Labute approximate surface area is 236 Å². The Morgan fingerprint density at radius 2 is 1.85 bits per heavy atom. The van der Waals surface area contributed by atoms with E-state index in [1.165, 1.54) is 19.3 Å². The van der Waals surface area contributed by atoms with E-state index in [0.717, 1.165) is 74.0 Å². The SMILES string of the molecule is COc1ccc(C2CCC(CN(C(=O)C3CCCCC3)c3cc(-c4cnn(C5CC5)c4)ccn3)CC2)nc1C#N. The van der Waals surface area contributed by atoms with Crippen molar-refractivity contribution in [2.45, 2.75) is 82.6 Å². The van der Waals surface area contributed by atoms with Crippen LogP contribution in [0.15, 0.2) is 42.9 Å². The van der Waals surface area contributed by atoms with E-state index in [9.17, 15) is 10.1 Å². The van der Waals surface area contributed by atoms with E-state index in [2.05, 4.69) is 33.1 Å². The lowest BCUT2D eigenvalue weighted by Gasteiger charge is -2.34. The van der Waals surface area contributed by atoms with Gasteiger partial charge in [0, 0.05) is 42.0 Å². The number of nitriles is 1. The van der Waals surface area contributed by atoms with E-state index >= 15 is 0 Å². The van der Waals surface area contributed by atoms with Gasteiger partial charge in [-0.05, 0) is 87.1 Å². The van der Waals surface area contributed by atoms with E-state index in [4.69, 9.17) is 9.72 Å². The fourth-order valence-corrected chi connectivity index (χ4v) is 6.47. The van der Waals surface area contributed by atoms with Crippen LogP contribution in [0.1, 0.15) is 94.0 Å². The highest BCUT2D eigenvalue weighted by atomic mass is 16.5. The summed E-state index contributed by atoms with van der Waals surface area (Å²) in [6.07, 6.45) is 17.7. The van der Waals surface area contributed by atoms with Crippen LogP contribution in [-0.2, 0) is 4.79 Å². The highest BCUT2D eigenvalue weighted by molar-refractivity contribution is 5.94. The van der Waals surface area contributed by atoms with Crippen molar-refractivity contribution < 1.29 is 9.53 Å². The van der Waals surface area contributed by atoms with Gasteiger partial charge in [-0.25, -0.2) is 9.97 Å². The summed E-state index contributed by atoms with van der Waals surface area (Å²) in [6, 6.07) is 10.6. The molecule has 1 amide bonds. The van der Waals surface area contributed by atoms with Crippen LogP contribution in [0.2, 0.25) is 0 Å². The molecule has 208 valence electrons. The monoisotopic (exact) mass is 538 g/mol. The van der Waals surface area contributed by atoms with Crippen molar-refractivity contribution in [1.29, 1.82) is 5.26 Å². The first-order valence-corrected chi connectivity index (χ1v) is 14.9. The maximum absolute atomic E-state index is 14.0. The lowest BCUT2D eigenvalue weighted by molar-refractivity contribution is -0.123. The van der Waals surface area contributed by atoms with E-state index in [0.29, 0.717) is 35.9 Å². The number of hydrogen-bond acceptors (Lipinski definition) is 6. The summed E-state index contributed by atoms with van der Waals surface area (Å²) >= 11 is 0. The highest BCUT2D eigenvalue weighted by Crippen LogP contribution is 2.38. The largest absolute Gasteiger partial charge is 0.494 e. The Kier molecular flexibility index (Phi) is 7.81. The third-order valence-corrected chi connectivity index (χ3v) is 9.01. The molecule has 3 heterocycles. The Hall–Kier alpha value is -3.73. The van der Waals surface area contributed by atoms with Crippen molar-refractivity contribution in [3.63, 3.8) is 0 Å². The number of hydrogen-bond donors (Lipinski definition) is 0. The maximum atomic E-state index is 14.0. The lowest BCUT2D eigenvalue weighted by Crippen LogP contribution is -2.41. The van der Waals surface area contributed by atoms with Crippen LogP contribution in [0, 0.1) is 23.2 Å². The zero-order chi connectivity index (χ0) is 27.5. The molecule has 8 nitrogen and oxygen atoms in total. The smallest absolute Gasteiger partial charge is 0.231 e. The summed E-state index contributed by atoms with van der Waals surface area (Å²) in [5, 5.41) is 14.0. The molecule has 40 heavy (non-hydrogen) atoms. The van der Waals surface area contributed by atoms with E-state index in [1.54, 1.807) is 7.11 Å². The predicted octanol–water partition coefficient (Wildman–Crippen LogP) is 6.44. The van der Waals surface area contributed by atoms with Gasteiger partial charge in [0.1, 0.15) is 11.9 Å². The summed E-state index contributed by atoms with van der Waals surface area (Å²) in [7, 11) is 1.56. The topological polar surface area (TPSA) is 96.9 Å². The van der Waals surface area contributed by atoms with Gasteiger partial charge in [0.15, 0.2) is 11.4 Å². The third-order valence-electron chi connectivity index (χ3n) is 9.01. The first-order valence-electron chi connectivity index (χ1n) is 14.9. The van der Waals surface area contributed by atoms with Crippen LogP contribution in [0.5, 0.6) is 5.75 Å². The van der Waals surface area contributed by atoms with Crippen molar-refractivity contribution in [2.75, 3.05) is 18.6 Å². The molecule has 6 rings (SSSR count). The van der Waals surface area contributed by atoms with Crippen LogP contribution in [0.4, 0.5) is 5.82 Å².